The lowest BCUT2D eigenvalue weighted by atomic mass is 10.0. The molecule has 0 saturated carbocycles. The van der Waals surface area contributed by atoms with E-state index in [2.05, 4.69) is 0 Å². The maximum Gasteiger partial charge on any atom is 0.263 e. The number of thiophene rings is 1. The number of carbonyl (C=O) groups is 1. The highest BCUT2D eigenvalue weighted by molar-refractivity contribution is 7.20. The van der Waals surface area contributed by atoms with Crippen molar-refractivity contribution in [2.45, 2.75) is 12.8 Å². The zero-order chi connectivity index (χ0) is 15.8. The Balaban J connectivity index is 1.78. The van der Waals surface area contributed by atoms with E-state index in [1.54, 1.807) is 12.1 Å². The lowest BCUT2D eigenvalue weighted by Gasteiger charge is -2.13. The monoisotopic (exact) mass is 325 g/mol. The zero-order valence-corrected chi connectivity index (χ0v) is 13.4. The Hall–Kier alpha value is -2.20. The molecule has 116 valence electrons. The first kappa shape index (κ1) is 14.4. The summed E-state index contributed by atoms with van der Waals surface area (Å²) >= 11 is 1.54. The molecule has 4 heteroatoms. The molecule has 2 aromatic carbocycles. The Labute approximate surface area is 138 Å². The fourth-order valence-corrected chi connectivity index (χ4v) is 4.18. The second-order valence-electron chi connectivity index (χ2n) is 5.83. The predicted octanol–water partition coefficient (Wildman–Crippen LogP) is 4.94. The molecular formula is C19H16FNOS. The molecule has 0 N–H and O–H groups in total. The summed E-state index contributed by atoms with van der Waals surface area (Å²) in [6.45, 7) is 1.72. The van der Waals surface area contributed by atoms with Gasteiger partial charge in [-0.15, -0.1) is 11.3 Å². The van der Waals surface area contributed by atoms with Crippen LogP contribution in [-0.2, 0) is 0 Å². The number of halogens is 1. The van der Waals surface area contributed by atoms with Crippen molar-refractivity contribution in [3.05, 3.63) is 59.2 Å². The fraction of sp³-hybridized carbons (Fsp3) is 0.211. The quantitative estimate of drug-likeness (QED) is 0.653. The Kier molecular flexibility index (Phi) is 3.62. The lowest BCUT2D eigenvalue weighted by molar-refractivity contribution is 0.0797. The average Bonchev–Trinajstić information content (AvgIpc) is 3.24. The summed E-state index contributed by atoms with van der Waals surface area (Å²) in [5.74, 6) is -0.107. The van der Waals surface area contributed by atoms with Crippen LogP contribution < -0.4 is 0 Å². The molecule has 1 saturated heterocycles. The van der Waals surface area contributed by atoms with Crippen molar-refractivity contribution in [2.75, 3.05) is 13.1 Å². The van der Waals surface area contributed by atoms with Gasteiger partial charge in [-0.05, 0) is 48.2 Å². The van der Waals surface area contributed by atoms with Crippen LogP contribution >= 0.6 is 11.3 Å². The van der Waals surface area contributed by atoms with Crippen molar-refractivity contribution in [3.8, 4) is 11.1 Å². The number of hydrogen-bond acceptors (Lipinski definition) is 2. The van der Waals surface area contributed by atoms with Crippen molar-refractivity contribution in [1.29, 1.82) is 0 Å². The second kappa shape index (κ2) is 5.78. The highest BCUT2D eigenvalue weighted by Crippen LogP contribution is 2.35. The number of hydrogen-bond donors (Lipinski definition) is 0. The first-order chi connectivity index (χ1) is 11.2. The first-order valence-corrected chi connectivity index (χ1v) is 8.62. The molecule has 0 atom stereocenters. The Bertz CT molecular complexity index is 863. The minimum Gasteiger partial charge on any atom is -0.338 e. The standard InChI is InChI=1S/C19H16FNOS/c20-14-8-6-13(7-9-14)15-4-3-5-17-16(15)12-18(23-17)19(22)21-10-1-2-11-21/h3-9,12H,1-2,10-11H2. The smallest absolute Gasteiger partial charge is 0.263 e. The van der Waals surface area contributed by atoms with Crippen LogP contribution in [0.15, 0.2) is 48.5 Å². The topological polar surface area (TPSA) is 20.3 Å². The minimum atomic E-state index is -0.240. The highest BCUT2D eigenvalue weighted by Gasteiger charge is 2.21. The van der Waals surface area contributed by atoms with Crippen molar-refractivity contribution in [2.24, 2.45) is 0 Å². The molecule has 2 heterocycles. The molecule has 0 spiro atoms. The van der Waals surface area contributed by atoms with E-state index in [1.165, 1.54) is 23.5 Å². The Morgan fingerprint density at radius 3 is 2.52 bits per heavy atom. The number of nitrogens with zero attached hydrogens (tertiary/aromatic N) is 1. The van der Waals surface area contributed by atoms with Crippen LogP contribution in [0.3, 0.4) is 0 Å². The van der Waals surface area contributed by atoms with Gasteiger partial charge in [-0.25, -0.2) is 4.39 Å². The average molecular weight is 325 g/mol. The predicted molar refractivity (Wildman–Crippen MR) is 92.4 cm³/mol. The number of amides is 1. The van der Waals surface area contributed by atoms with Crippen molar-refractivity contribution < 1.29 is 9.18 Å². The van der Waals surface area contributed by atoms with Crippen LogP contribution in [-0.4, -0.2) is 23.9 Å². The molecule has 23 heavy (non-hydrogen) atoms. The SMILES string of the molecule is O=C(c1cc2c(-c3ccc(F)cc3)cccc2s1)N1CCCC1. The lowest BCUT2D eigenvalue weighted by Crippen LogP contribution is -2.26. The van der Waals surface area contributed by atoms with Crippen LogP contribution in [0.2, 0.25) is 0 Å². The molecule has 4 rings (SSSR count). The number of carbonyl (C=O) groups excluding carboxylic acids is 1. The van der Waals surface area contributed by atoms with Gasteiger partial charge in [-0.2, -0.15) is 0 Å². The Morgan fingerprint density at radius 2 is 1.78 bits per heavy atom. The van der Waals surface area contributed by atoms with Gasteiger partial charge in [0.2, 0.25) is 0 Å². The molecule has 1 aliphatic rings. The van der Waals surface area contributed by atoms with E-state index >= 15 is 0 Å². The van der Waals surface area contributed by atoms with Crippen LogP contribution in [0.5, 0.6) is 0 Å². The third kappa shape index (κ3) is 2.63. The van der Waals surface area contributed by atoms with Gasteiger partial charge < -0.3 is 4.90 Å². The van der Waals surface area contributed by atoms with Gasteiger partial charge >= 0.3 is 0 Å². The molecule has 0 unspecified atom stereocenters. The Morgan fingerprint density at radius 1 is 1.04 bits per heavy atom. The molecule has 0 aliphatic carbocycles. The third-order valence-corrected chi connectivity index (χ3v) is 5.41. The van der Waals surface area contributed by atoms with Gasteiger partial charge in [0, 0.05) is 23.2 Å². The van der Waals surface area contributed by atoms with E-state index in [4.69, 9.17) is 0 Å². The van der Waals surface area contributed by atoms with E-state index < -0.39 is 0 Å². The molecule has 3 aromatic rings. The van der Waals surface area contributed by atoms with Crippen molar-refractivity contribution in [1.82, 2.24) is 4.90 Å². The summed E-state index contributed by atoms with van der Waals surface area (Å²) in [6.07, 6.45) is 2.19. The van der Waals surface area contributed by atoms with Crippen LogP contribution in [0, 0.1) is 5.82 Å². The highest BCUT2D eigenvalue weighted by atomic mass is 32.1. The van der Waals surface area contributed by atoms with E-state index in [0.29, 0.717) is 0 Å². The van der Waals surface area contributed by atoms with Gasteiger partial charge in [0.05, 0.1) is 4.88 Å². The maximum absolute atomic E-state index is 13.2. The normalized spacial score (nSPS) is 14.6. The van der Waals surface area contributed by atoms with E-state index in [0.717, 1.165) is 52.0 Å². The molecular weight excluding hydrogens is 309 g/mol. The molecule has 1 aliphatic heterocycles. The van der Waals surface area contributed by atoms with Gasteiger partial charge in [0.1, 0.15) is 5.82 Å². The summed E-state index contributed by atoms with van der Waals surface area (Å²) in [6, 6.07) is 14.5. The number of benzene rings is 2. The first-order valence-electron chi connectivity index (χ1n) is 7.80. The molecule has 0 bridgehead atoms. The zero-order valence-electron chi connectivity index (χ0n) is 12.6. The van der Waals surface area contributed by atoms with Crippen molar-refractivity contribution >= 4 is 27.3 Å². The van der Waals surface area contributed by atoms with Crippen LogP contribution in [0.4, 0.5) is 4.39 Å². The number of rotatable bonds is 2. The maximum atomic E-state index is 13.2. The molecule has 1 fully saturated rings. The summed E-state index contributed by atoms with van der Waals surface area (Å²) in [7, 11) is 0. The molecule has 0 radical (unpaired) electrons. The van der Waals surface area contributed by atoms with Crippen LogP contribution in [0.25, 0.3) is 21.2 Å². The number of likely N-dealkylation sites (tertiary alicyclic amines) is 1. The van der Waals surface area contributed by atoms with Gasteiger partial charge in [0.15, 0.2) is 0 Å². The summed E-state index contributed by atoms with van der Waals surface area (Å²) in [5.41, 5.74) is 2.01. The van der Waals surface area contributed by atoms with Gasteiger partial charge in [-0.1, -0.05) is 24.3 Å². The molecule has 2 nitrogen and oxygen atoms in total. The van der Waals surface area contributed by atoms with Crippen molar-refractivity contribution in [3.63, 3.8) is 0 Å². The largest absolute Gasteiger partial charge is 0.338 e. The van der Waals surface area contributed by atoms with E-state index in [1.807, 2.05) is 29.2 Å². The van der Waals surface area contributed by atoms with E-state index in [-0.39, 0.29) is 11.7 Å². The summed E-state index contributed by atoms with van der Waals surface area (Å²) in [4.78, 5) is 15.3. The summed E-state index contributed by atoms with van der Waals surface area (Å²) < 4.78 is 14.2. The summed E-state index contributed by atoms with van der Waals surface area (Å²) in [5, 5.41) is 1.06. The molecule has 1 aromatic heterocycles. The van der Waals surface area contributed by atoms with Gasteiger partial charge in [0.25, 0.3) is 5.91 Å². The van der Waals surface area contributed by atoms with Gasteiger partial charge in [-0.3, -0.25) is 4.79 Å². The number of fused-ring (bicyclic) bond motifs is 1. The molecule has 1 amide bonds. The third-order valence-electron chi connectivity index (χ3n) is 4.32. The minimum absolute atomic E-state index is 0.133. The van der Waals surface area contributed by atoms with Crippen LogP contribution in [0.1, 0.15) is 22.5 Å². The van der Waals surface area contributed by atoms with E-state index in [9.17, 15) is 9.18 Å². The second-order valence-corrected chi connectivity index (χ2v) is 6.92. The fourth-order valence-electron chi connectivity index (χ4n) is 3.12.